The van der Waals surface area contributed by atoms with Crippen molar-refractivity contribution in [1.82, 2.24) is 54.1 Å². The predicted molar refractivity (Wildman–Crippen MR) is 555 cm³/mol. The van der Waals surface area contributed by atoms with E-state index in [-0.39, 0.29) is 88.3 Å². The monoisotopic (exact) mass is 2110 g/mol. The van der Waals surface area contributed by atoms with Crippen molar-refractivity contribution in [3.05, 3.63) is 166 Å². The molecule has 0 spiro atoms. The minimum absolute atomic E-state index is 0. The zero-order valence-corrected chi connectivity index (χ0v) is 90.1. The highest BCUT2D eigenvalue weighted by Crippen LogP contribution is 2.49. The maximum atomic E-state index is 12.2. The van der Waals surface area contributed by atoms with Crippen LogP contribution < -0.4 is 48.9 Å². The number of primary sulfonamides is 2. The van der Waals surface area contributed by atoms with Gasteiger partial charge < -0.3 is 72.3 Å². The van der Waals surface area contributed by atoms with E-state index >= 15 is 0 Å². The second-order valence-electron chi connectivity index (χ2n) is 36.5. The third-order valence-corrected chi connectivity index (χ3v) is 29.7. The van der Waals surface area contributed by atoms with E-state index < -0.39 is 80.0 Å². The van der Waals surface area contributed by atoms with Gasteiger partial charge in [0.15, 0.2) is 5.49 Å². The Labute approximate surface area is 842 Å². The van der Waals surface area contributed by atoms with Crippen molar-refractivity contribution in [3.8, 4) is 17.2 Å². The summed E-state index contributed by atoms with van der Waals surface area (Å²) in [6.07, 6.45) is 10.4. The smallest absolute Gasteiger partial charge is 0.410 e. The molecule has 5 aliphatic heterocycles. The lowest BCUT2D eigenvalue weighted by Crippen LogP contribution is -2.51. The normalized spacial score (nSPS) is 14.7. The first-order valence-electron chi connectivity index (χ1n) is 46.5. The summed E-state index contributed by atoms with van der Waals surface area (Å²) in [7, 11) is -16.1. The molecule has 5 aliphatic rings. The summed E-state index contributed by atoms with van der Waals surface area (Å²) in [5.41, 5.74) is 4.57. The van der Waals surface area contributed by atoms with Crippen LogP contribution in [-0.4, -0.2) is 253 Å². The molecule has 0 atom stereocenters. The van der Waals surface area contributed by atoms with E-state index in [1.165, 1.54) is 22.9 Å². The number of allylic oxidation sites excluding steroid dienone is 1. The summed E-state index contributed by atoms with van der Waals surface area (Å²) in [6.45, 7) is 38.2. The molecule has 0 unspecified atom stereocenters. The van der Waals surface area contributed by atoms with E-state index in [1.54, 1.807) is 118 Å². The van der Waals surface area contributed by atoms with Crippen LogP contribution in [0.1, 0.15) is 184 Å². The predicted octanol–water partition coefficient (Wildman–Crippen LogP) is 14.4. The molecule has 5 saturated heterocycles. The molecular weight excluding hydrogens is 1960 g/mol. The molecule has 5 fully saturated rings. The van der Waals surface area contributed by atoms with Gasteiger partial charge >= 0.3 is 25.9 Å². The van der Waals surface area contributed by atoms with E-state index in [1.807, 2.05) is 132 Å². The number of nitrogens with one attached hydrogen (secondary N) is 4. The SMILES string of the molecule is C.CC.CC(C)(C)OC(=O)N1CC(CC=O)C1.CCO.CCOP(=O)(CS(=O)(=O)NCc1ccc(OC)cc1)OCC.COc1ccc(CNS(=O)(=O)/C=C/CC2CN(C(=O)OC(C)(C)C)C2)cc1.COc1ccc(CNS(=O)(=O)CCCC2CN(C(=O)OC(C)(C)C)C2)cc1.Cc1ccc2c(Cl)ncnc2c1.Cc1ccc2c(N3CC(CCCS(N)(=O)=O)C3)ncnc2c1.NS(=O)(=O)CCCC1CNC1. The number of hydrogen-bond donors (Lipinski definition) is 7. The molecule has 2 aromatic heterocycles. The molecule has 7 aromatic rings. The summed E-state index contributed by atoms with van der Waals surface area (Å²) < 4.78 is 176. The number of aldehydes is 1. The molecule has 38 nitrogen and oxygen atoms in total. The summed E-state index contributed by atoms with van der Waals surface area (Å²) >= 11 is 5.86. The number of aliphatic hydroxyl groups is 1. The van der Waals surface area contributed by atoms with Crippen molar-refractivity contribution in [1.29, 1.82) is 0 Å². The van der Waals surface area contributed by atoms with Crippen LogP contribution in [0.15, 0.2) is 133 Å². The van der Waals surface area contributed by atoms with E-state index in [4.69, 9.17) is 64.5 Å². The molecule has 12 rings (SSSR count). The molecular formula is C96H154ClN14O24PS5. The number of carbonyl (C=O) groups excluding carboxylic acids is 4. The van der Waals surface area contributed by atoms with Crippen LogP contribution in [0.3, 0.4) is 0 Å². The largest absolute Gasteiger partial charge is 0.497 e. The fourth-order valence-electron chi connectivity index (χ4n) is 13.5. The zero-order chi connectivity index (χ0) is 105. The number of ether oxygens (including phenoxy) is 6. The van der Waals surface area contributed by atoms with Gasteiger partial charge in [-0.3, -0.25) is 4.57 Å². The van der Waals surface area contributed by atoms with Crippen LogP contribution in [0.25, 0.3) is 21.8 Å². The number of halogens is 1. The Hall–Kier alpha value is -8.89. The van der Waals surface area contributed by atoms with Crippen molar-refractivity contribution in [2.75, 3.05) is 134 Å². The number of anilines is 1. The fourth-order valence-corrected chi connectivity index (χ4v) is 20.7. The number of hydrogen-bond acceptors (Lipinski definition) is 30. The Kier molecular flexibility index (Phi) is 55.0. The Bertz CT molecular complexity index is 5620. The van der Waals surface area contributed by atoms with Crippen LogP contribution in [0.4, 0.5) is 20.2 Å². The molecule has 5 aromatic carbocycles. The van der Waals surface area contributed by atoms with Crippen molar-refractivity contribution < 1.29 is 108 Å². The first-order valence-corrected chi connectivity index (χ1v) is 56.9. The maximum Gasteiger partial charge on any atom is 0.410 e. The van der Waals surface area contributed by atoms with Gasteiger partial charge in [0.05, 0.1) is 62.8 Å². The number of methoxy groups -OCH3 is 3. The standard InChI is InChI=1S/C19H30N2O5S.C19H28N2O5S.C15H20N4O2S.C13H22NO6PS.C10H17NO3.C9H7ClN2.C6H14N2O2S.C2H6O.C2H6.CH4/c2*1-19(2,3)26-18(22)21-13-16(14-21)6-5-11-27(23,24)20-12-15-7-9-17(25-4)10-8-15;1-11-4-5-13-14(7-11)17-10-18-15(13)19-8-12(9-19)3-2-6-22(16,20)21;1-4-19-21(15,20-5-2)11-22(16,17)14-10-12-6-8-13(18-3)9-7-12;1-10(2,3)14-9(13)11-6-8(7-11)4-5-12;1-6-2-3-7-8(4-6)11-5-12-9(7)10;7-11(9,10)3-1-2-6-4-8-5-6;1-2-3;1-2;/h7-10,16,20H,5-6,11-14H2,1-4H3;5,7-11,16,20H,6,12-14H2,1-4H3;4-5,7,10,12H,2-3,6,8-9H2,1H3,(H2,16,20,21);6-9,14H,4-5,10-11H2,1-3H3;5,8H,4,6-7H2,1-3H3;2-5H,1H3;6,8H,1-5H2,(H2,7,9,10);3H,2H2,1H3;1-2H3;1H4/b;11-5+;;;;;;;;. The number of aliphatic hydroxyl groups excluding tert-OH is 1. The summed E-state index contributed by atoms with van der Waals surface area (Å²) in [5.74, 6) is 5.52. The molecule has 45 heteroatoms. The van der Waals surface area contributed by atoms with Gasteiger partial charge in [0.2, 0.25) is 50.1 Å². The Morgan fingerprint density at radius 3 is 1.23 bits per heavy atom. The molecule has 3 amide bonds. The highest BCUT2D eigenvalue weighted by Gasteiger charge is 2.37. The molecule has 0 radical (unpaired) electrons. The summed E-state index contributed by atoms with van der Waals surface area (Å²) in [5, 5.41) is 24.2. The maximum absolute atomic E-state index is 12.2. The minimum Gasteiger partial charge on any atom is -0.497 e. The Balaban J connectivity index is 0.000000427. The second kappa shape index (κ2) is 61.4. The molecule has 0 bridgehead atoms. The van der Waals surface area contributed by atoms with Gasteiger partial charge in [-0.05, 0) is 267 Å². The van der Waals surface area contributed by atoms with Crippen LogP contribution in [0, 0.1) is 43.4 Å². The number of aromatic nitrogens is 4. The van der Waals surface area contributed by atoms with Crippen LogP contribution in [0.5, 0.6) is 17.2 Å². The number of amides is 3. The number of aryl methyl sites for hydroxylation is 2. The molecule has 0 saturated carbocycles. The molecule has 7 heterocycles. The van der Waals surface area contributed by atoms with Gasteiger partial charge in [-0.15, -0.1) is 0 Å². The lowest BCUT2D eigenvalue weighted by Gasteiger charge is -2.40. The van der Waals surface area contributed by atoms with Gasteiger partial charge in [0.1, 0.15) is 64.0 Å². The summed E-state index contributed by atoms with van der Waals surface area (Å²) in [6, 6.07) is 33.5. The van der Waals surface area contributed by atoms with E-state index in [0.717, 1.165) is 108 Å². The summed E-state index contributed by atoms with van der Waals surface area (Å²) in [4.78, 5) is 69.2. The highest BCUT2D eigenvalue weighted by atomic mass is 35.5. The van der Waals surface area contributed by atoms with E-state index in [9.17, 15) is 65.8 Å². The fraction of sp³-hybridized carbons (Fsp3) is 0.583. The van der Waals surface area contributed by atoms with Gasteiger partial charge in [-0.1, -0.05) is 87.5 Å². The van der Waals surface area contributed by atoms with Crippen LogP contribution in [0.2, 0.25) is 5.15 Å². The average molecular weight is 2120 g/mol. The minimum atomic E-state index is -3.79. The lowest BCUT2D eigenvalue weighted by molar-refractivity contribution is -0.109. The third-order valence-electron chi connectivity index (χ3n) is 20.7. The van der Waals surface area contributed by atoms with Crippen molar-refractivity contribution in [3.63, 3.8) is 0 Å². The van der Waals surface area contributed by atoms with Crippen molar-refractivity contribution >= 4 is 122 Å². The average Bonchev–Trinajstić information content (AvgIpc) is 0.780. The number of carbonyl (C=O) groups is 4. The number of sulfonamides is 5. The number of nitrogens with zero attached hydrogens (tertiary/aromatic N) is 8. The third kappa shape index (κ3) is 51.9. The number of benzene rings is 5. The van der Waals surface area contributed by atoms with Crippen molar-refractivity contribution in [2.45, 2.75) is 206 Å². The molecule has 794 valence electrons. The number of rotatable bonds is 36. The van der Waals surface area contributed by atoms with E-state index in [2.05, 4.69) is 62.5 Å². The topological polar surface area (TPSA) is 515 Å². The van der Waals surface area contributed by atoms with E-state index in [0.29, 0.717) is 106 Å². The Morgan fingerprint density at radius 1 is 0.504 bits per heavy atom. The van der Waals surface area contributed by atoms with Crippen molar-refractivity contribution in [2.24, 2.45) is 39.9 Å². The molecule has 0 aliphatic carbocycles. The second-order valence-corrected chi connectivity index (χ2v) is 48.2. The quantitative estimate of drug-likeness (QED) is 0.00830. The highest BCUT2D eigenvalue weighted by molar-refractivity contribution is 7.96. The van der Waals surface area contributed by atoms with Gasteiger partial charge in [-0.2, -0.15) is 0 Å². The van der Waals surface area contributed by atoms with Gasteiger partial charge in [0.25, 0.3) is 0 Å². The molecule has 141 heavy (non-hydrogen) atoms. The van der Waals surface area contributed by atoms with Crippen LogP contribution >= 0.6 is 19.2 Å². The Morgan fingerprint density at radius 2 is 0.858 bits per heavy atom. The lowest BCUT2D eigenvalue weighted by atomic mass is 9.94. The first kappa shape index (κ1) is 126. The molecule has 9 N–H and O–H groups in total. The number of fused-ring (bicyclic) bond motifs is 2. The number of nitrogens with two attached hydrogens (primary N) is 2. The van der Waals surface area contributed by atoms with Crippen LogP contribution in [-0.2, 0) is 102 Å². The van der Waals surface area contributed by atoms with Gasteiger partial charge in [0, 0.05) is 107 Å². The first-order chi connectivity index (χ1) is 65.6. The number of likely N-dealkylation sites (tertiary alicyclic amines) is 3. The zero-order valence-electron chi connectivity index (χ0n) is 84.4. The van der Waals surface area contributed by atoms with Gasteiger partial charge in [-0.25, -0.2) is 101 Å².